The predicted octanol–water partition coefficient (Wildman–Crippen LogP) is 2.79. The summed E-state index contributed by atoms with van der Waals surface area (Å²) in [4.78, 5) is 15.1. The Morgan fingerprint density at radius 2 is 2.27 bits per heavy atom. The van der Waals surface area contributed by atoms with Crippen molar-refractivity contribution in [3.8, 4) is 0 Å². The van der Waals surface area contributed by atoms with Gasteiger partial charge < -0.3 is 10.3 Å². The van der Waals surface area contributed by atoms with Gasteiger partial charge in [0.25, 0.3) is 5.56 Å². The normalized spacial score (nSPS) is 22.5. The molecule has 1 aromatic carbocycles. The summed E-state index contributed by atoms with van der Waals surface area (Å²) in [6, 6.07) is 8.07. The van der Waals surface area contributed by atoms with Gasteiger partial charge >= 0.3 is 0 Å². The number of nitrogens with one attached hydrogen (secondary N) is 2. The zero-order valence-corrected chi connectivity index (χ0v) is 13.9. The maximum Gasteiger partial charge on any atom is 0.251 e. The number of benzene rings is 1. The Bertz CT molecular complexity index is 914. The molecule has 2 atom stereocenters. The predicted molar refractivity (Wildman–Crippen MR) is 90.5 cm³/mol. The van der Waals surface area contributed by atoms with Crippen molar-refractivity contribution < 1.29 is 0 Å². The average Bonchev–Trinajstić information content (AvgIpc) is 2.86. The van der Waals surface area contributed by atoms with Crippen molar-refractivity contribution in [2.75, 3.05) is 6.54 Å². The molecule has 6 heteroatoms. The average molecular weight is 361 g/mol. The standard InChI is InChI=1S/C16H17BrN4O/c1-9-7-10(5-6-18-9)13-8-14(22)19-16-15-11(17)3-2-4-12(15)20-21(13)16/h2-4,8-10,18H,5-7H2,1H3,(H,19,22). The Morgan fingerprint density at radius 1 is 1.41 bits per heavy atom. The van der Waals surface area contributed by atoms with E-state index in [0.717, 1.165) is 46.1 Å². The molecule has 114 valence electrons. The Balaban J connectivity index is 2.00. The molecule has 1 aliphatic heterocycles. The monoisotopic (exact) mass is 360 g/mol. The van der Waals surface area contributed by atoms with Crippen LogP contribution in [0.25, 0.3) is 16.6 Å². The number of H-pyrrole nitrogens is 1. The number of nitrogens with zero attached hydrogens (tertiary/aromatic N) is 2. The van der Waals surface area contributed by atoms with Crippen LogP contribution < -0.4 is 10.9 Å². The molecule has 0 bridgehead atoms. The lowest BCUT2D eigenvalue weighted by Crippen LogP contribution is -2.35. The summed E-state index contributed by atoms with van der Waals surface area (Å²) in [6.07, 6.45) is 2.05. The molecule has 0 aliphatic carbocycles. The van der Waals surface area contributed by atoms with Crippen LogP contribution in [0.4, 0.5) is 0 Å². The lowest BCUT2D eigenvalue weighted by atomic mass is 9.90. The molecule has 2 aromatic heterocycles. The highest BCUT2D eigenvalue weighted by Gasteiger charge is 2.24. The third-order valence-electron chi connectivity index (χ3n) is 4.46. The van der Waals surface area contributed by atoms with Crippen LogP contribution in [0.15, 0.2) is 33.5 Å². The van der Waals surface area contributed by atoms with Crippen molar-refractivity contribution in [3.05, 3.63) is 44.8 Å². The third kappa shape index (κ3) is 2.18. The molecular formula is C16H17BrN4O. The summed E-state index contributed by atoms with van der Waals surface area (Å²) in [5.74, 6) is 0.356. The van der Waals surface area contributed by atoms with Crippen molar-refractivity contribution >= 4 is 32.5 Å². The van der Waals surface area contributed by atoms with E-state index in [2.05, 4.69) is 33.2 Å². The highest BCUT2D eigenvalue weighted by atomic mass is 79.9. The van der Waals surface area contributed by atoms with Crippen LogP contribution in [0.2, 0.25) is 0 Å². The first-order valence-corrected chi connectivity index (χ1v) is 8.36. The van der Waals surface area contributed by atoms with Gasteiger partial charge in [-0.2, -0.15) is 5.10 Å². The molecule has 2 N–H and O–H groups in total. The van der Waals surface area contributed by atoms with Crippen LogP contribution in [0.5, 0.6) is 0 Å². The third-order valence-corrected chi connectivity index (χ3v) is 5.12. The fraction of sp³-hybridized carbons (Fsp3) is 0.375. The van der Waals surface area contributed by atoms with Gasteiger partial charge in [0.2, 0.25) is 0 Å². The number of rotatable bonds is 1. The molecule has 5 nitrogen and oxygen atoms in total. The summed E-state index contributed by atoms with van der Waals surface area (Å²) in [5.41, 5.74) is 2.61. The fourth-order valence-corrected chi connectivity index (χ4v) is 3.98. The second-order valence-corrected chi connectivity index (χ2v) is 6.88. The molecule has 0 spiro atoms. The molecule has 2 unspecified atom stereocenters. The van der Waals surface area contributed by atoms with Crippen molar-refractivity contribution in [2.24, 2.45) is 0 Å². The second-order valence-electron chi connectivity index (χ2n) is 6.03. The molecular weight excluding hydrogens is 344 g/mol. The van der Waals surface area contributed by atoms with Crippen LogP contribution in [-0.4, -0.2) is 27.2 Å². The smallest absolute Gasteiger partial charge is 0.251 e. The molecule has 1 aliphatic rings. The molecule has 1 saturated heterocycles. The van der Waals surface area contributed by atoms with Crippen LogP contribution in [0, 0.1) is 0 Å². The molecule has 0 radical (unpaired) electrons. The van der Waals surface area contributed by atoms with E-state index in [0.29, 0.717) is 12.0 Å². The van der Waals surface area contributed by atoms with Gasteiger partial charge in [-0.05, 0) is 54.4 Å². The lowest BCUT2D eigenvalue weighted by Gasteiger charge is -2.28. The molecule has 3 aromatic rings. The van der Waals surface area contributed by atoms with Gasteiger partial charge in [-0.25, -0.2) is 4.52 Å². The number of halogens is 1. The minimum absolute atomic E-state index is 0.0637. The Morgan fingerprint density at radius 3 is 3.09 bits per heavy atom. The highest BCUT2D eigenvalue weighted by Crippen LogP contribution is 2.31. The first-order valence-electron chi connectivity index (χ1n) is 7.57. The summed E-state index contributed by atoms with van der Waals surface area (Å²) in [7, 11) is 0. The van der Waals surface area contributed by atoms with Gasteiger partial charge in [-0.15, -0.1) is 0 Å². The number of aromatic nitrogens is 3. The Labute approximate surface area is 135 Å². The van der Waals surface area contributed by atoms with Crippen LogP contribution in [-0.2, 0) is 0 Å². The SMILES string of the molecule is CC1CC(c2cc(=O)[nH]c3c4c(Br)cccc4nn23)CCN1. The van der Waals surface area contributed by atoms with Gasteiger partial charge in [-0.3, -0.25) is 4.79 Å². The van der Waals surface area contributed by atoms with E-state index in [1.165, 1.54) is 0 Å². The maximum atomic E-state index is 12.2. The van der Waals surface area contributed by atoms with Crippen LogP contribution >= 0.6 is 15.9 Å². The highest BCUT2D eigenvalue weighted by molar-refractivity contribution is 9.10. The minimum Gasteiger partial charge on any atom is -0.314 e. The minimum atomic E-state index is -0.0637. The van der Waals surface area contributed by atoms with Crippen LogP contribution in [0.3, 0.4) is 0 Å². The van der Waals surface area contributed by atoms with Crippen molar-refractivity contribution in [3.63, 3.8) is 0 Å². The summed E-state index contributed by atoms with van der Waals surface area (Å²) >= 11 is 3.57. The first kappa shape index (κ1) is 14.0. The summed E-state index contributed by atoms with van der Waals surface area (Å²) < 4.78 is 2.87. The number of piperidine rings is 1. The molecule has 0 saturated carbocycles. The zero-order valence-electron chi connectivity index (χ0n) is 12.3. The molecule has 0 amide bonds. The number of fused-ring (bicyclic) bond motifs is 3. The van der Waals surface area contributed by atoms with E-state index in [-0.39, 0.29) is 5.56 Å². The maximum absolute atomic E-state index is 12.2. The van der Waals surface area contributed by atoms with E-state index in [1.54, 1.807) is 6.07 Å². The van der Waals surface area contributed by atoms with E-state index in [1.807, 2.05) is 22.7 Å². The largest absolute Gasteiger partial charge is 0.314 e. The number of hydrogen-bond acceptors (Lipinski definition) is 3. The van der Waals surface area contributed by atoms with Gasteiger partial charge in [0.15, 0.2) is 0 Å². The van der Waals surface area contributed by atoms with Gasteiger partial charge in [0.1, 0.15) is 5.65 Å². The number of aromatic amines is 1. The van der Waals surface area contributed by atoms with E-state index >= 15 is 0 Å². The van der Waals surface area contributed by atoms with E-state index < -0.39 is 0 Å². The Hall–Kier alpha value is -1.66. The quantitative estimate of drug-likeness (QED) is 0.701. The van der Waals surface area contributed by atoms with Gasteiger partial charge in [0.05, 0.1) is 16.6 Å². The second kappa shape index (κ2) is 5.21. The molecule has 3 heterocycles. The van der Waals surface area contributed by atoms with E-state index in [4.69, 9.17) is 5.10 Å². The van der Waals surface area contributed by atoms with Crippen LogP contribution in [0.1, 0.15) is 31.4 Å². The van der Waals surface area contributed by atoms with Gasteiger partial charge in [-0.1, -0.05) is 6.07 Å². The molecule has 1 fully saturated rings. The van der Waals surface area contributed by atoms with Crippen molar-refractivity contribution in [2.45, 2.75) is 31.7 Å². The summed E-state index contributed by atoms with van der Waals surface area (Å²) in [6.45, 7) is 3.16. The van der Waals surface area contributed by atoms with E-state index in [9.17, 15) is 4.79 Å². The van der Waals surface area contributed by atoms with Crippen molar-refractivity contribution in [1.29, 1.82) is 0 Å². The molecule has 4 rings (SSSR count). The zero-order chi connectivity index (χ0) is 15.3. The fourth-order valence-electron chi connectivity index (χ4n) is 3.44. The molecule has 22 heavy (non-hydrogen) atoms. The summed E-state index contributed by atoms with van der Waals surface area (Å²) in [5, 5.41) is 9.13. The Kier molecular flexibility index (Phi) is 3.31. The first-order chi connectivity index (χ1) is 10.6. The van der Waals surface area contributed by atoms with Crippen molar-refractivity contribution in [1.82, 2.24) is 19.9 Å². The number of hydrogen-bond donors (Lipinski definition) is 2. The lowest BCUT2D eigenvalue weighted by molar-refractivity contribution is 0.372. The van der Waals surface area contributed by atoms with Gasteiger partial charge in [0, 0.05) is 22.5 Å². The topological polar surface area (TPSA) is 62.2 Å².